The molecule has 2 N–H and O–H groups in total. The third-order valence-electron chi connectivity index (χ3n) is 3.02. The van der Waals surface area contributed by atoms with Gasteiger partial charge in [-0.2, -0.15) is 0 Å². The van der Waals surface area contributed by atoms with Crippen LogP contribution in [0.1, 0.15) is 39.5 Å². The van der Waals surface area contributed by atoms with Gasteiger partial charge in [-0.1, -0.05) is 26.7 Å². The summed E-state index contributed by atoms with van der Waals surface area (Å²) in [6, 6.07) is 0. The van der Waals surface area contributed by atoms with Crippen molar-refractivity contribution in [3.05, 3.63) is 11.3 Å². The molecule has 0 aliphatic carbocycles. The first kappa shape index (κ1) is 14.0. The lowest BCUT2D eigenvalue weighted by molar-refractivity contribution is -0.135. The van der Waals surface area contributed by atoms with Gasteiger partial charge in [0.25, 0.3) is 0 Å². The first-order valence-electron chi connectivity index (χ1n) is 6.26. The van der Waals surface area contributed by atoms with E-state index in [-0.39, 0.29) is 30.5 Å². The molecule has 1 rings (SSSR count). The van der Waals surface area contributed by atoms with Crippen molar-refractivity contribution in [1.82, 2.24) is 0 Å². The molecule has 0 amide bonds. The first-order chi connectivity index (χ1) is 8.06. The molecule has 1 aliphatic rings. The van der Waals surface area contributed by atoms with Gasteiger partial charge in [0.15, 0.2) is 0 Å². The van der Waals surface area contributed by atoms with E-state index in [1.807, 2.05) is 0 Å². The Morgan fingerprint density at radius 3 is 2.76 bits per heavy atom. The quantitative estimate of drug-likeness (QED) is 0.324. The zero-order chi connectivity index (χ0) is 12.8. The van der Waals surface area contributed by atoms with Gasteiger partial charge in [-0.3, -0.25) is 0 Å². The average Bonchev–Trinajstić information content (AvgIpc) is 2.65. The lowest BCUT2D eigenvalue weighted by Gasteiger charge is -2.08. The van der Waals surface area contributed by atoms with Gasteiger partial charge in [-0.25, -0.2) is 4.79 Å². The Morgan fingerprint density at radius 1 is 1.47 bits per heavy atom. The van der Waals surface area contributed by atoms with E-state index in [0.717, 1.165) is 19.3 Å². The van der Waals surface area contributed by atoms with Gasteiger partial charge in [0.05, 0.1) is 18.1 Å². The Morgan fingerprint density at radius 2 is 2.18 bits per heavy atom. The summed E-state index contributed by atoms with van der Waals surface area (Å²) in [6.07, 6.45) is 3.51. The van der Waals surface area contributed by atoms with Gasteiger partial charge in [0.1, 0.15) is 12.4 Å². The Hall–Kier alpha value is -1.03. The van der Waals surface area contributed by atoms with Crippen molar-refractivity contribution in [2.75, 3.05) is 13.2 Å². The monoisotopic (exact) mass is 242 g/mol. The molecule has 0 aromatic heterocycles. The number of hydrogen-bond acceptors (Lipinski definition) is 4. The van der Waals surface area contributed by atoms with E-state index >= 15 is 0 Å². The Labute approximate surface area is 102 Å². The normalized spacial score (nSPS) is 23.1. The lowest BCUT2D eigenvalue weighted by atomic mass is 9.98. The largest absolute Gasteiger partial charge is 0.512 e. The highest BCUT2D eigenvalue weighted by Gasteiger charge is 2.33. The van der Waals surface area contributed by atoms with Gasteiger partial charge < -0.3 is 14.9 Å². The minimum Gasteiger partial charge on any atom is -0.512 e. The summed E-state index contributed by atoms with van der Waals surface area (Å²) in [5, 5.41) is 18.9. The lowest BCUT2D eigenvalue weighted by Crippen LogP contribution is -2.11. The summed E-state index contributed by atoms with van der Waals surface area (Å²) in [6.45, 7) is 4.35. The average molecular weight is 242 g/mol. The minimum atomic E-state index is -0.481. The minimum absolute atomic E-state index is 0.0929. The van der Waals surface area contributed by atoms with Crippen LogP contribution in [0.15, 0.2) is 11.3 Å². The van der Waals surface area contributed by atoms with E-state index in [1.54, 1.807) is 0 Å². The molecule has 1 aliphatic heterocycles. The van der Waals surface area contributed by atoms with E-state index in [0.29, 0.717) is 12.3 Å². The van der Waals surface area contributed by atoms with Gasteiger partial charge in [-0.05, 0) is 12.3 Å². The number of esters is 1. The van der Waals surface area contributed by atoms with Crippen LogP contribution in [0.2, 0.25) is 0 Å². The second kappa shape index (κ2) is 6.64. The topological polar surface area (TPSA) is 66.8 Å². The number of carbonyl (C=O) groups excluding carboxylic acids is 1. The summed E-state index contributed by atoms with van der Waals surface area (Å²) in [7, 11) is 0. The summed E-state index contributed by atoms with van der Waals surface area (Å²) in [4.78, 5) is 11.4. The van der Waals surface area contributed by atoms with Crippen molar-refractivity contribution < 1.29 is 19.7 Å². The zero-order valence-corrected chi connectivity index (χ0v) is 10.6. The Balaban J connectivity index is 2.48. The second-order valence-corrected chi connectivity index (χ2v) is 4.98. The molecule has 1 unspecified atom stereocenters. The maximum atomic E-state index is 11.4. The molecule has 0 radical (unpaired) electrons. The van der Waals surface area contributed by atoms with Crippen LogP contribution in [0.5, 0.6) is 0 Å². The maximum Gasteiger partial charge on any atom is 0.337 e. The van der Waals surface area contributed by atoms with Crippen molar-refractivity contribution in [3.63, 3.8) is 0 Å². The van der Waals surface area contributed by atoms with Crippen molar-refractivity contribution in [1.29, 1.82) is 0 Å². The molecule has 98 valence electrons. The summed E-state index contributed by atoms with van der Waals surface area (Å²) < 4.78 is 4.82. The van der Waals surface area contributed by atoms with Crippen LogP contribution in [-0.4, -0.2) is 29.4 Å². The van der Waals surface area contributed by atoms with Crippen molar-refractivity contribution >= 4 is 5.97 Å². The molecule has 17 heavy (non-hydrogen) atoms. The number of carbonyl (C=O) groups is 1. The summed E-state index contributed by atoms with van der Waals surface area (Å²) >= 11 is 0. The van der Waals surface area contributed by atoms with Crippen LogP contribution in [0.3, 0.4) is 0 Å². The standard InChI is InChI=1S/C13H22O4/c1-9(2)5-3-4-6-11(15)12-10(7-14)8-17-13(12)16/h9-10,14-15H,3-8H2,1-2H3/b12-11+. The molecule has 4 nitrogen and oxygen atoms in total. The van der Waals surface area contributed by atoms with E-state index in [1.165, 1.54) is 0 Å². The van der Waals surface area contributed by atoms with Gasteiger partial charge >= 0.3 is 5.97 Å². The molecular formula is C13H22O4. The van der Waals surface area contributed by atoms with Crippen molar-refractivity contribution in [2.24, 2.45) is 11.8 Å². The van der Waals surface area contributed by atoms with Crippen LogP contribution in [0.25, 0.3) is 0 Å². The van der Waals surface area contributed by atoms with Gasteiger partial charge in [0.2, 0.25) is 0 Å². The number of cyclic esters (lactones) is 1. The number of aliphatic hydroxyl groups is 2. The summed E-state index contributed by atoms with van der Waals surface area (Å²) in [5.74, 6) is -0.0836. The smallest absolute Gasteiger partial charge is 0.337 e. The first-order valence-corrected chi connectivity index (χ1v) is 6.26. The van der Waals surface area contributed by atoms with Crippen LogP contribution >= 0.6 is 0 Å². The zero-order valence-electron chi connectivity index (χ0n) is 10.6. The van der Waals surface area contributed by atoms with E-state index in [4.69, 9.17) is 9.84 Å². The summed E-state index contributed by atoms with van der Waals surface area (Å²) in [5.41, 5.74) is 0.275. The molecule has 0 aromatic carbocycles. The predicted octanol–water partition coefficient (Wildman–Crippen LogP) is 2.18. The second-order valence-electron chi connectivity index (χ2n) is 4.98. The molecule has 0 bridgehead atoms. The molecule has 4 heteroatoms. The van der Waals surface area contributed by atoms with Crippen molar-refractivity contribution in [2.45, 2.75) is 39.5 Å². The number of allylic oxidation sites excluding steroid dienone is 1. The maximum absolute atomic E-state index is 11.4. The van der Waals surface area contributed by atoms with Crippen LogP contribution in [-0.2, 0) is 9.53 Å². The Bertz CT molecular complexity index is 294. The van der Waals surface area contributed by atoms with Gasteiger partial charge in [-0.15, -0.1) is 0 Å². The van der Waals surface area contributed by atoms with Crippen LogP contribution in [0, 0.1) is 11.8 Å². The molecule has 1 heterocycles. The number of ether oxygens (including phenoxy) is 1. The molecule has 1 saturated heterocycles. The molecule has 1 fully saturated rings. The number of aliphatic hydroxyl groups excluding tert-OH is 2. The number of rotatable bonds is 6. The SMILES string of the molecule is CC(C)CCCC/C(O)=C1\C(=O)OCC1CO. The van der Waals surface area contributed by atoms with Gasteiger partial charge in [0, 0.05) is 6.42 Å². The van der Waals surface area contributed by atoms with Crippen molar-refractivity contribution in [3.8, 4) is 0 Å². The highest BCUT2D eigenvalue weighted by molar-refractivity contribution is 5.91. The molecular weight excluding hydrogens is 220 g/mol. The van der Waals surface area contributed by atoms with E-state index in [9.17, 15) is 9.90 Å². The third-order valence-corrected chi connectivity index (χ3v) is 3.02. The van der Waals surface area contributed by atoms with E-state index < -0.39 is 5.97 Å². The number of hydrogen-bond donors (Lipinski definition) is 2. The predicted molar refractivity (Wildman–Crippen MR) is 64.5 cm³/mol. The molecule has 0 saturated carbocycles. The van der Waals surface area contributed by atoms with Crippen LogP contribution in [0.4, 0.5) is 0 Å². The third kappa shape index (κ3) is 4.04. The highest BCUT2D eigenvalue weighted by Crippen LogP contribution is 2.25. The molecule has 1 atom stereocenters. The molecule has 0 spiro atoms. The molecule has 0 aromatic rings. The fraction of sp³-hybridized carbons (Fsp3) is 0.769. The fourth-order valence-electron chi connectivity index (χ4n) is 1.98. The van der Waals surface area contributed by atoms with E-state index in [2.05, 4.69) is 13.8 Å². The highest BCUT2D eigenvalue weighted by atomic mass is 16.5. The fourth-order valence-corrected chi connectivity index (χ4v) is 1.98. The Kier molecular flexibility index (Phi) is 5.48. The van der Waals surface area contributed by atoms with Crippen LogP contribution < -0.4 is 0 Å². The number of unbranched alkanes of at least 4 members (excludes halogenated alkanes) is 1.